The normalized spacial score (nSPS) is 10.7. The Balaban J connectivity index is 0.00000400. The standard InChI is InChI=1S/C15H23N3O2.HI/c1-12(2)10-18-15(16)17-8-9-20-11-13-4-6-14(19-3)7-5-13;/h4-7H,1,8-11H2,2-3H3,(H3,16,17,18);1H. The van der Waals surface area contributed by atoms with Crippen molar-refractivity contribution in [2.75, 3.05) is 26.8 Å². The summed E-state index contributed by atoms with van der Waals surface area (Å²) in [6.45, 7) is 7.97. The van der Waals surface area contributed by atoms with Crippen LogP contribution in [0.15, 0.2) is 41.4 Å². The lowest BCUT2D eigenvalue weighted by atomic mass is 10.2. The molecule has 0 aromatic heterocycles. The third-order valence-corrected chi connectivity index (χ3v) is 2.50. The Morgan fingerprint density at radius 3 is 2.57 bits per heavy atom. The molecule has 0 radical (unpaired) electrons. The van der Waals surface area contributed by atoms with E-state index in [1.807, 2.05) is 31.2 Å². The zero-order chi connectivity index (χ0) is 14.8. The van der Waals surface area contributed by atoms with Crippen molar-refractivity contribution in [1.82, 2.24) is 5.32 Å². The molecule has 0 fully saturated rings. The average molecular weight is 405 g/mol. The van der Waals surface area contributed by atoms with E-state index < -0.39 is 0 Å². The average Bonchev–Trinajstić information content (AvgIpc) is 2.45. The zero-order valence-corrected chi connectivity index (χ0v) is 14.9. The summed E-state index contributed by atoms with van der Waals surface area (Å²) in [5, 5.41) is 2.98. The summed E-state index contributed by atoms with van der Waals surface area (Å²) in [4.78, 5) is 4.11. The number of rotatable bonds is 8. The van der Waals surface area contributed by atoms with Gasteiger partial charge in [-0.15, -0.1) is 24.0 Å². The summed E-state index contributed by atoms with van der Waals surface area (Å²) in [5.74, 6) is 1.26. The highest BCUT2D eigenvalue weighted by molar-refractivity contribution is 14.0. The predicted molar refractivity (Wildman–Crippen MR) is 97.4 cm³/mol. The third kappa shape index (κ3) is 9.30. The molecule has 5 nitrogen and oxygen atoms in total. The molecule has 3 N–H and O–H groups in total. The molecule has 1 aromatic carbocycles. The minimum atomic E-state index is 0. The predicted octanol–water partition coefficient (Wildman–Crippen LogP) is 2.31. The summed E-state index contributed by atoms with van der Waals surface area (Å²) >= 11 is 0. The van der Waals surface area contributed by atoms with Crippen LogP contribution in [0.4, 0.5) is 0 Å². The van der Waals surface area contributed by atoms with Gasteiger partial charge in [-0.05, 0) is 24.6 Å². The van der Waals surface area contributed by atoms with Crippen molar-refractivity contribution in [3.8, 4) is 5.75 Å². The molecule has 21 heavy (non-hydrogen) atoms. The van der Waals surface area contributed by atoms with Crippen LogP contribution in [0.25, 0.3) is 0 Å². The topological polar surface area (TPSA) is 68.9 Å². The Morgan fingerprint density at radius 1 is 1.33 bits per heavy atom. The highest BCUT2D eigenvalue weighted by Gasteiger charge is 1.96. The van der Waals surface area contributed by atoms with Crippen LogP contribution < -0.4 is 15.8 Å². The maximum Gasteiger partial charge on any atom is 0.188 e. The molecule has 0 aliphatic carbocycles. The number of hydrogen-bond donors (Lipinski definition) is 2. The smallest absolute Gasteiger partial charge is 0.188 e. The van der Waals surface area contributed by atoms with E-state index in [4.69, 9.17) is 15.2 Å². The van der Waals surface area contributed by atoms with Crippen LogP contribution in [0.1, 0.15) is 12.5 Å². The van der Waals surface area contributed by atoms with Gasteiger partial charge in [0, 0.05) is 6.54 Å². The first-order valence-corrected chi connectivity index (χ1v) is 6.50. The van der Waals surface area contributed by atoms with Gasteiger partial charge < -0.3 is 20.5 Å². The first kappa shape index (κ1) is 19.7. The zero-order valence-electron chi connectivity index (χ0n) is 12.6. The number of aliphatic imine (C=N–C) groups is 1. The first-order valence-electron chi connectivity index (χ1n) is 6.50. The minimum absolute atomic E-state index is 0. The van der Waals surface area contributed by atoms with Gasteiger partial charge in [0.1, 0.15) is 5.75 Å². The van der Waals surface area contributed by atoms with E-state index in [1.54, 1.807) is 7.11 Å². The van der Waals surface area contributed by atoms with Crippen LogP contribution in [0.3, 0.4) is 0 Å². The van der Waals surface area contributed by atoms with Gasteiger partial charge in [0.2, 0.25) is 0 Å². The molecule has 0 unspecified atom stereocenters. The van der Waals surface area contributed by atoms with Gasteiger partial charge in [-0.25, -0.2) is 4.99 Å². The van der Waals surface area contributed by atoms with E-state index in [0.29, 0.717) is 32.3 Å². The van der Waals surface area contributed by atoms with Gasteiger partial charge in [-0.2, -0.15) is 0 Å². The fourth-order valence-corrected chi connectivity index (χ4v) is 1.44. The monoisotopic (exact) mass is 405 g/mol. The Morgan fingerprint density at radius 2 is 2.00 bits per heavy atom. The Bertz CT molecular complexity index is 447. The van der Waals surface area contributed by atoms with Gasteiger partial charge in [-0.1, -0.05) is 24.3 Å². The second-order valence-electron chi connectivity index (χ2n) is 4.49. The molecule has 0 aliphatic rings. The lowest BCUT2D eigenvalue weighted by Gasteiger charge is -2.07. The molecule has 1 aromatic rings. The molecule has 0 bridgehead atoms. The van der Waals surface area contributed by atoms with Crippen LogP contribution >= 0.6 is 24.0 Å². The van der Waals surface area contributed by atoms with Gasteiger partial charge in [0.05, 0.1) is 26.9 Å². The first-order chi connectivity index (χ1) is 9.61. The number of benzene rings is 1. The molecular weight excluding hydrogens is 381 g/mol. The van der Waals surface area contributed by atoms with Crippen molar-refractivity contribution in [2.45, 2.75) is 13.5 Å². The Kier molecular flexibility index (Phi) is 10.7. The molecule has 0 amide bonds. The summed E-state index contributed by atoms with van der Waals surface area (Å²) in [6.07, 6.45) is 0. The number of halogens is 1. The summed E-state index contributed by atoms with van der Waals surface area (Å²) in [7, 11) is 1.65. The van der Waals surface area contributed by atoms with Crippen LogP contribution in [0, 0.1) is 0 Å². The molecular formula is C15H24IN3O2. The highest BCUT2D eigenvalue weighted by atomic mass is 127. The van der Waals surface area contributed by atoms with E-state index in [9.17, 15) is 0 Å². The van der Waals surface area contributed by atoms with Gasteiger partial charge in [0.25, 0.3) is 0 Å². The molecule has 6 heteroatoms. The summed E-state index contributed by atoms with van der Waals surface area (Å²) < 4.78 is 10.6. The third-order valence-electron chi connectivity index (χ3n) is 2.50. The van der Waals surface area contributed by atoms with Crippen molar-refractivity contribution in [3.05, 3.63) is 42.0 Å². The van der Waals surface area contributed by atoms with E-state index >= 15 is 0 Å². The second-order valence-corrected chi connectivity index (χ2v) is 4.49. The van der Waals surface area contributed by atoms with Crippen LogP contribution in [-0.2, 0) is 11.3 Å². The molecule has 0 spiro atoms. The lowest BCUT2D eigenvalue weighted by Crippen LogP contribution is -2.34. The molecule has 1 rings (SSSR count). The number of nitrogens with two attached hydrogens (primary N) is 1. The Hall–Kier alpha value is -1.28. The maximum atomic E-state index is 5.68. The molecule has 118 valence electrons. The quantitative estimate of drug-likeness (QED) is 0.229. The molecule has 0 saturated heterocycles. The number of nitrogens with one attached hydrogen (secondary N) is 1. The SMILES string of the molecule is C=C(C)CN=C(N)NCCOCc1ccc(OC)cc1.I. The molecule has 0 atom stereocenters. The second kappa shape index (κ2) is 11.4. The van der Waals surface area contributed by atoms with Gasteiger partial charge in [-0.3, -0.25) is 0 Å². The van der Waals surface area contributed by atoms with Crippen molar-refractivity contribution in [1.29, 1.82) is 0 Å². The number of nitrogens with zero attached hydrogens (tertiary/aromatic N) is 1. The summed E-state index contributed by atoms with van der Waals surface area (Å²) in [6, 6.07) is 7.79. The van der Waals surface area contributed by atoms with Crippen LogP contribution in [0.2, 0.25) is 0 Å². The van der Waals surface area contributed by atoms with E-state index in [1.165, 1.54) is 0 Å². The van der Waals surface area contributed by atoms with Crippen molar-refractivity contribution in [3.63, 3.8) is 0 Å². The van der Waals surface area contributed by atoms with Crippen molar-refractivity contribution < 1.29 is 9.47 Å². The highest BCUT2D eigenvalue weighted by Crippen LogP contribution is 2.11. The van der Waals surface area contributed by atoms with Gasteiger partial charge in [0.15, 0.2) is 5.96 Å². The van der Waals surface area contributed by atoms with E-state index in [0.717, 1.165) is 16.9 Å². The minimum Gasteiger partial charge on any atom is -0.497 e. The fourth-order valence-electron chi connectivity index (χ4n) is 1.44. The van der Waals surface area contributed by atoms with E-state index in [-0.39, 0.29) is 24.0 Å². The number of methoxy groups -OCH3 is 1. The molecule has 0 heterocycles. The fraction of sp³-hybridized carbons (Fsp3) is 0.400. The van der Waals surface area contributed by atoms with Gasteiger partial charge >= 0.3 is 0 Å². The number of ether oxygens (including phenoxy) is 2. The van der Waals surface area contributed by atoms with Crippen LogP contribution in [-0.4, -0.2) is 32.8 Å². The maximum absolute atomic E-state index is 5.68. The van der Waals surface area contributed by atoms with E-state index in [2.05, 4.69) is 16.9 Å². The van der Waals surface area contributed by atoms with Crippen LogP contribution in [0.5, 0.6) is 5.75 Å². The molecule has 0 saturated carbocycles. The molecule has 0 aliphatic heterocycles. The largest absolute Gasteiger partial charge is 0.497 e. The Labute approximate surface area is 143 Å². The van der Waals surface area contributed by atoms with Crippen molar-refractivity contribution in [2.24, 2.45) is 10.7 Å². The lowest BCUT2D eigenvalue weighted by molar-refractivity contribution is 0.125. The number of hydrogen-bond acceptors (Lipinski definition) is 3. The van der Waals surface area contributed by atoms with Crippen molar-refractivity contribution >= 4 is 29.9 Å². The summed E-state index contributed by atoms with van der Waals surface area (Å²) in [5.41, 5.74) is 7.76. The number of guanidine groups is 1.